The lowest BCUT2D eigenvalue weighted by Gasteiger charge is -2.51. The molecule has 2 aliphatic heterocycles. The minimum absolute atomic E-state index is 0.0329. The second-order valence-electron chi connectivity index (χ2n) is 8.66. The number of nitrogens with zero attached hydrogens (tertiary/aromatic N) is 3. The lowest BCUT2D eigenvalue weighted by atomic mass is 10.0. The highest BCUT2D eigenvalue weighted by molar-refractivity contribution is 5.99. The van der Waals surface area contributed by atoms with Crippen molar-refractivity contribution in [3.63, 3.8) is 0 Å². The van der Waals surface area contributed by atoms with Crippen molar-refractivity contribution in [2.75, 3.05) is 6.54 Å². The van der Waals surface area contributed by atoms with Crippen LogP contribution >= 0.6 is 0 Å². The van der Waals surface area contributed by atoms with E-state index >= 15 is 0 Å². The standard InChI is InChI=1S/C23H27FN4O4/c1-13(2)27-9-8-14(3)28-18(27)12-26-11-16(20(29)21(30)19(26)23(28)32)22(31)25-10-15-6-4-5-7-17(15)24/h4-7,11,13-14,18,30H,8-10,12H2,1-3H3,(H,25,31)/t14-,18-/m0/s1. The van der Waals surface area contributed by atoms with E-state index in [9.17, 15) is 23.9 Å². The number of carbonyl (C=O) groups excluding carboxylic acids is 2. The average Bonchev–Trinajstić information content (AvgIpc) is 2.75. The predicted molar refractivity (Wildman–Crippen MR) is 116 cm³/mol. The highest BCUT2D eigenvalue weighted by Crippen LogP contribution is 2.31. The fraction of sp³-hybridized carbons (Fsp3) is 0.435. The number of nitrogens with one attached hydrogen (secondary N) is 1. The van der Waals surface area contributed by atoms with Gasteiger partial charge in [-0.1, -0.05) is 18.2 Å². The Morgan fingerprint density at radius 3 is 2.69 bits per heavy atom. The van der Waals surface area contributed by atoms with Gasteiger partial charge in [0.1, 0.15) is 17.5 Å². The van der Waals surface area contributed by atoms with E-state index in [1.54, 1.807) is 17.0 Å². The number of rotatable bonds is 4. The normalized spacial score (nSPS) is 20.8. The third-order valence-electron chi connectivity index (χ3n) is 6.34. The van der Waals surface area contributed by atoms with E-state index in [0.29, 0.717) is 6.54 Å². The quantitative estimate of drug-likeness (QED) is 0.754. The SMILES string of the molecule is CC(C)N1CC[C@H](C)N2C(=O)c3c(O)c(=O)c(C(=O)NCc4ccccc4F)cn3C[C@@H]12. The summed E-state index contributed by atoms with van der Waals surface area (Å²) in [6.45, 7) is 7.10. The molecule has 1 aromatic carbocycles. The van der Waals surface area contributed by atoms with E-state index in [1.807, 2.05) is 6.92 Å². The van der Waals surface area contributed by atoms with Crippen LogP contribution in [0, 0.1) is 5.82 Å². The van der Waals surface area contributed by atoms with Gasteiger partial charge in [0.2, 0.25) is 5.43 Å². The molecule has 1 saturated heterocycles. The smallest absolute Gasteiger partial charge is 0.276 e. The molecule has 32 heavy (non-hydrogen) atoms. The summed E-state index contributed by atoms with van der Waals surface area (Å²) in [5, 5.41) is 13.1. The van der Waals surface area contributed by atoms with Crippen molar-refractivity contribution in [3.8, 4) is 5.75 Å². The molecule has 0 saturated carbocycles. The zero-order valence-corrected chi connectivity index (χ0v) is 18.3. The number of carbonyl (C=O) groups is 2. The summed E-state index contributed by atoms with van der Waals surface area (Å²) in [4.78, 5) is 42.6. The van der Waals surface area contributed by atoms with E-state index in [4.69, 9.17) is 0 Å². The summed E-state index contributed by atoms with van der Waals surface area (Å²) in [6, 6.07) is 6.17. The molecular formula is C23H27FN4O4. The van der Waals surface area contributed by atoms with Crippen molar-refractivity contribution in [2.24, 2.45) is 0 Å². The van der Waals surface area contributed by atoms with Gasteiger partial charge in [-0.15, -0.1) is 0 Å². The van der Waals surface area contributed by atoms with Crippen LogP contribution in [0.25, 0.3) is 0 Å². The maximum Gasteiger partial charge on any atom is 0.276 e. The first-order valence-electron chi connectivity index (χ1n) is 10.8. The zero-order chi connectivity index (χ0) is 23.2. The lowest BCUT2D eigenvalue weighted by molar-refractivity contribution is -0.0454. The highest BCUT2D eigenvalue weighted by Gasteiger charge is 2.44. The number of halogens is 1. The van der Waals surface area contributed by atoms with Crippen LogP contribution in [-0.2, 0) is 13.1 Å². The fourth-order valence-electron chi connectivity index (χ4n) is 4.60. The first kappa shape index (κ1) is 22.0. The van der Waals surface area contributed by atoms with Gasteiger partial charge in [-0.05, 0) is 33.3 Å². The number of aromatic nitrogens is 1. The molecule has 1 fully saturated rings. The minimum atomic E-state index is -0.917. The van der Waals surface area contributed by atoms with E-state index in [2.05, 4.69) is 24.1 Å². The van der Waals surface area contributed by atoms with Crippen LogP contribution in [0.1, 0.15) is 53.6 Å². The topological polar surface area (TPSA) is 94.9 Å². The molecule has 0 radical (unpaired) electrons. The van der Waals surface area contributed by atoms with Crippen LogP contribution in [0.2, 0.25) is 0 Å². The van der Waals surface area contributed by atoms with E-state index in [1.165, 1.54) is 22.9 Å². The molecule has 1 aromatic heterocycles. The van der Waals surface area contributed by atoms with Gasteiger partial charge < -0.3 is 19.9 Å². The second-order valence-corrected chi connectivity index (χ2v) is 8.66. The number of amides is 2. The Kier molecular flexibility index (Phi) is 5.77. The maximum absolute atomic E-state index is 13.8. The largest absolute Gasteiger partial charge is 0.503 e. The van der Waals surface area contributed by atoms with Crippen molar-refractivity contribution in [3.05, 3.63) is 63.3 Å². The van der Waals surface area contributed by atoms with Gasteiger partial charge in [0, 0.05) is 36.9 Å². The summed E-state index contributed by atoms with van der Waals surface area (Å²) < 4.78 is 15.3. The molecule has 0 bridgehead atoms. The highest BCUT2D eigenvalue weighted by atomic mass is 19.1. The summed E-state index contributed by atoms with van der Waals surface area (Å²) in [5.41, 5.74) is -1.03. The number of fused-ring (bicyclic) bond motifs is 2. The monoisotopic (exact) mass is 442 g/mol. The average molecular weight is 442 g/mol. The zero-order valence-electron chi connectivity index (χ0n) is 18.3. The first-order chi connectivity index (χ1) is 15.2. The Balaban J connectivity index is 1.68. The van der Waals surface area contributed by atoms with Gasteiger partial charge >= 0.3 is 0 Å². The van der Waals surface area contributed by atoms with Gasteiger partial charge in [0.25, 0.3) is 11.8 Å². The van der Waals surface area contributed by atoms with Crippen molar-refractivity contribution in [2.45, 2.75) is 58.5 Å². The number of hydrogen-bond donors (Lipinski definition) is 2. The summed E-state index contributed by atoms with van der Waals surface area (Å²) in [7, 11) is 0. The Labute approximate surface area is 185 Å². The summed E-state index contributed by atoms with van der Waals surface area (Å²) in [5.74, 6) is -2.37. The molecular weight excluding hydrogens is 415 g/mol. The summed E-state index contributed by atoms with van der Waals surface area (Å²) in [6.07, 6.45) is 1.87. The molecule has 4 rings (SSSR count). The molecule has 2 aromatic rings. The molecule has 8 nitrogen and oxygen atoms in total. The van der Waals surface area contributed by atoms with Gasteiger partial charge in [0.05, 0.1) is 6.54 Å². The fourth-order valence-corrected chi connectivity index (χ4v) is 4.60. The molecule has 170 valence electrons. The molecule has 9 heteroatoms. The van der Waals surface area contributed by atoms with Crippen LogP contribution in [0.3, 0.4) is 0 Å². The molecule has 0 spiro atoms. The number of benzene rings is 1. The van der Waals surface area contributed by atoms with E-state index in [-0.39, 0.29) is 41.6 Å². The second kappa shape index (κ2) is 8.38. The van der Waals surface area contributed by atoms with Crippen LogP contribution in [0.5, 0.6) is 5.75 Å². The predicted octanol–water partition coefficient (Wildman–Crippen LogP) is 1.91. The van der Waals surface area contributed by atoms with Crippen molar-refractivity contribution < 1.29 is 19.1 Å². The molecule has 0 unspecified atom stereocenters. The maximum atomic E-state index is 13.8. The Hall–Kier alpha value is -3.20. The van der Waals surface area contributed by atoms with Gasteiger partial charge in [-0.3, -0.25) is 19.3 Å². The molecule has 2 aliphatic rings. The minimum Gasteiger partial charge on any atom is -0.503 e. The molecule has 2 N–H and O–H groups in total. The van der Waals surface area contributed by atoms with Crippen LogP contribution in [0.4, 0.5) is 4.39 Å². The van der Waals surface area contributed by atoms with Crippen molar-refractivity contribution in [1.82, 2.24) is 19.7 Å². The number of hydrogen-bond acceptors (Lipinski definition) is 5. The van der Waals surface area contributed by atoms with E-state index < -0.39 is 28.8 Å². The molecule has 3 heterocycles. The summed E-state index contributed by atoms with van der Waals surface area (Å²) >= 11 is 0. The Morgan fingerprint density at radius 2 is 2.00 bits per heavy atom. The Bertz CT molecular complexity index is 1130. The van der Waals surface area contributed by atoms with Gasteiger partial charge in [0.15, 0.2) is 11.4 Å². The lowest BCUT2D eigenvalue weighted by Crippen LogP contribution is -2.65. The van der Waals surface area contributed by atoms with Gasteiger partial charge in [-0.25, -0.2) is 4.39 Å². The molecule has 2 atom stereocenters. The van der Waals surface area contributed by atoms with Gasteiger partial charge in [-0.2, -0.15) is 0 Å². The third-order valence-corrected chi connectivity index (χ3v) is 6.34. The van der Waals surface area contributed by atoms with Crippen molar-refractivity contribution >= 4 is 11.8 Å². The van der Waals surface area contributed by atoms with Crippen LogP contribution < -0.4 is 10.7 Å². The van der Waals surface area contributed by atoms with Crippen LogP contribution in [-0.4, -0.2) is 56.1 Å². The molecule has 0 aliphatic carbocycles. The number of pyridine rings is 1. The third kappa shape index (κ3) is 3.66. The van der Waals surface area contributed by atoms with Crippen molar-refractivity contribution in [1.29, 1.82) is 0 Å². The van der Waals surface area contributed by atoms with E-state index in [0.717, 1.165) is 13.0 Å². The Morgan fingerprint density at radius 1 is 1.28 bits per heavy atom. The van der Waals surface area contributed by atoms with Crippen LogP contribution in [0.15, 0.2) is 35.3 Å². The number of aromatic hydroxyl groups is 1. The molecule has 2 amide bonds. The first-order valence-corrected chi connectivity index (χ1v) is 10.8.